The minimum Gasteiger partial charge on any atom is -0.494 e. The van der Waals surface area contributed by atoms with Crippen molar-refractivity contribution in [3.8, 4) is 5.75 Å². The fourth-order valence-corrected chi connectivity index (χ4v) is 6.63. The highest BCUT2D eigenvalue weighted by Crippen LogP contribution is 2.36. The van der Waals surface area contributed by atoms with E-state index in [-0.39, 0.29) is 32.2 Å². The second-order valence-corrected chi connectivity index (χ2v) is 15.1. The lowest BCUT2D eigenvalue weighted by molar-refractivity contribution is -0.209. The molecule has 0 aromatic heterocycles. The number of piperidine rings is 1. The summed E-state index contributed by atoms with van der Waals surface area (Å²) in [6.07, 6.45) is -1.10. The van der Waals surface area contributed by atoms with Gasteiger partial charge in [0.05, 0.1) is 58.3 Å². The lowest BCUT2D eigenvalue weighted by atomic mass is 9.85. The number of hydroxylamine groups is 2. The lowest BCUT2D eigenvalue weighted by Crippen LogP contribution is -2.53. The third-order valence-corrected chi connectivity index (χ3v) is 9.35. The Labute approximate surface area is 325 Å². The van der Waals surface area contributed by atoms with E-state index in [2.05, 4.69) is 0 Å². The number of hydrogen-bond donors (Lipinski definition) is 0. The average Bonchev–Trinajstić information content (AvgIpc) is 3.09. The van der Waals surface area contributed by atoms with Crippen molar-refractivity contribution < 1.29 is 33.3 Å². The molecular weight excluding hydrogens is 748 g/mol. The first-order valence-electron chi connectivity index (χ1n) is 17.0. The minimum absolute atomic E-state index is 0.181. The first kappa shape index (κ1) is 40.1. The second kappa shape index (κ2) is 19.3. The van der Waals surface area contributed by atoms with Crippen LogP contribution in [0.2, 0.25) is 20.1 Å². The summed E-state index contributed by atoms with van der Waals surface area (Å²) in [5, 5.41) is 3.54. The molecule has 0 radical (unpaired) electrons. The highest BCUT2D eigenvalue weighted by Gasteiger charge is 2.41. The molecule has 3 atom stereocenters. The fraction of sp³-hybridized carbons (Fsp3) is 0.375. The molecule has 52 heavy (non-hydrogen) atoms. The van der Waals surface area contributed by atoms with Crippen LogP contribution in [0, 0.1) is 0 Å². The van der Waals surface area contributed by atoms with Crippen molar-refractivity contribution in [3.63, 3.8) is 0 Å². The number of rotatable bonds is 15. The predicted molar refractivity (Wildman–Crippen MR) is 204 cm³/mol. The molecule has 0 amide bonds. The zero-order chi connectivity index (χ0) is 37.1. The number of nitrogens with zero attached hydrogens (tertiary/aromatic N) is 1. The molecule has 1 saturated heterocycles. The normalized spacial score (nSPS) is 17.9. The fourth-order valence-electron chi connectivity index (χ4n) is 5.71. The molecule has 1 aliphatic rings. The van der Waals surface area contributed by atoms with Gasteiger partial charge >= 0.3 is 6.16 Å². The van der Waals surface area contributed by atoms with Crippen LogP contribution in [0.3, 0.4) is 0 Å². The van der Waals surface area contributed by atoms with Gasteiger partial charge in [-0.1, -0.05) is 101 Å². The van der Waals surface area contributed by atoms with Gasteiger partial charge < -0.3 is 28.5 Å². The van der Waals surface area contributed by atoms with E-state index in [1.54, 1.807) is 45.0 Å². The number of ether oxygens (including phenoxy) is 5. The number of halogens is 4. The quantitative estimate of drug-likeness (QED) is 0.0870. The summed E-state index contributed by atoms with van der Waals surface area (Å²) in [4.78, 5) is 18.5. The largest absolute Gasteiger partial charge is 0.528 e. The second-order valence-electron chi connectivity index (χ2n) is 13.4. The Morgan fingerprint density at radius 3 is 1.85 bits per heavy atom. The summed E-state index contributed by atoms with van der Waals surface area (Å²) in [7, 11) is 0. The van der Waals surface area contributed by atoms with Crippen LogP contribution < -0.4 is 4.74 Å². The van der Waals surface area contributed by atoms with Crippen LogP contribution in [0.5, 0.6) is 5.75 Å². The topological polar surface area (TPSA) is 75.7 Å². The van der Waals surface area contributed by atoms with Gasteiger partial charge in [-0.25, -0.2) is 4.79 Å². The van der Waals surface area contributed by atoms with Crippen LogP contribution in [0.25, 0.3) is 0 Å². The first-order valence-corrected chi connectivity index (χ1v) is 18.6. The smallest absolute Gasteiger partial charge is 0.494 e. The van der Waals surface area contributed by atoms with E-state index in [9.17, 15) is 4.79 Å². The Hall–Kier alpha value is -3.05. The van der Waals surface area contributed by atoms with E-state index in [0.717, 1.165) is 34.4 Å². The van der Waals surface area contributed by atoms with Crippen LogP contribution >= 0.6 is 46.4 Å². The molecule has 0 aliphatic carbocycles. The first-order chi connectivity index (χ1) is 24.9. The van der Waals surface area contributed by atoms with Crippen molar-refractivity contribution in [2.24, 2.45) is 0 Å². The summed E-state index contributed by atoms with van der Waals surface area (Å²) in [5.41, 5.74) is 2.87. The number of carbonyl (C=O) groups excluding carboxylic acids is 1. The van der Waals surface area contributed by atoms with Crippen LogP contribution in [0.15, 0.2) is 91.0 Å². The lowest BCUT2D eigenvalue weighted by Gasteiger charge is -2.42. The molecule has 1 aliphatic heterocycles. The molecule has 0 saturated carbocycles. The highest BCUT2D eigenvalue weighted by atomic mass is 35.5. The van der Waals surface area contributed by atoms with Crippen molar-refractivity contribution in [2.75, 3.05) is 26.3 Å². The number of benzene rings is 4. The van der Waals surface area contributed by atoms with Gasteiger partial charge in [0.15, 0.2) is 0 Å². The Morgan fingerprint density at radius 1 is 0.731 bits per heavy atom. The van der Waals surface area contributed by atoms with E-state index >= 15 is 0 Å². The third kappa shape index (κ3) is 12.5. The van der Waals surface area contributed by atoms with E-state index in [1.807, 2.05) is 66.7 Å². The van der Waals surface area contributed by atoms with Gasteiger partial charge in [0.1, 0.15) is 11.4 Å². The van der Waals surface area contributed by atoms with Gasteiger partial charge in [-0.3, -0.25) is 0 Å². The Morgan fingerprint density at radius 2 is 1.31 bits per heavy atom. The standard InChI is InChI=1S/C40H43Cl4NO7/c1-40(2,3)51-39(46)52-45-22-36(49-25-29-10-14-31(41)20-34(29)43)38(37(23-45)50-26-30-11-15-32(42)21-35(30)44)28-12-16-33(17-13-28)48-19-7-18-47-24-27-8-5-4-6-9-27/h4-6,8-17,20-21,36-38H,7,18-19,22-26H2,1-3H3/t36-,37+,38?. The van der Waals surface area contributed by atoms with Crippen molar-refractivity contribution in [2.45, 2.75) is 70.7 Å². The summed E-state index contributed by atoms with van der Waals surface area (Å²) in [5.74, 6) is 0.435. The molecule has 8 nitrogen and oxygen atoms in total. The number of carbonyl (C=O) groups is 1. The summed E-state index contributed by atoms with van der Waals surface area (Å²) in [6, 6.07) is 28.5. The number of hydrogen-bond acceptors (Lipinski definition) is 8. The SMILES string of the molecule is CC(C)(C)OC(=O)ON1C[C@H](OCc2ccc(Cl)cc2Cl)C(c2ccc(OCCCOCc3ccccc3)cc2)[C@H](OCc2ccc(Cl)cc2Cl)C1. The average molecular weight is 792 g/mol. The molecule has 1 unspecified atom stereocenters. The van der Waals surface area contributed by atoms with Crippen LogP contribution in [-0.4, -0.2) is 55.3 Å². The molecular formula is C40H43Cl4NO7. The highest BCUT2D eigenvalue weighted by molar-refractivity contribution is 6.35. The van der Waals surface area contributed by atoms with E-state index < -0.39 is 24.0 Å². The van der Waals surface area contributed by atoms with Crippen molar-refractivity contribution in [1.82, 2.24) is 5.06 Å². The Bertz CT molecular complexity index is 1670. The van der Waals surface area contributed by atoms with Crippen LogP contribution in [0.1, 0.15) is 55.4 Å². The maximum Gasteiger partial charge on any atom is 0.528 e. The van der Waals surface area contributed by atoms with Gasteiger partial charge in [0, 0.05) is 32.4 Å². The third-order valence-electron chi connectivity index (χ3n) is 8.18. The zero-order valence-electron chi connectivity index (χ0n) is 29.4. The van der Waals surface area contributed by atoms with Crippen molar-refractivity contribution in [1.29, 1.82) is 0 Å². The molecule has 1 heterocycles. The summed E-state index contributed by atoms with van der Waals surface area (Å²) in [6.45, 7) is 7.82. The van der Waals surface area contributed by atoms with E-state index in [0.29, 0.717) is 39.9 Å². The molecule has 0 bridgehead atoms. The van der Waals surface area contributed by atoms with Gasteiger partial charge in [-0.05, 0) is 79.4 Å². The Balaban J connectivity index is 1.33. The van der Waals surface area contributed by atoms with Gasteiger partial charge in [-0.15, -0.1) is 5.06 Å². The molecule has 5 rings (SSSR count). The predicted octanol–water partition coefficient (Wildman–Crippen LogP) is 10.7. The zero-order valence-corrected chi connectivity index (χ0v) is 32.4. The monoisotopic (exact) mass is 789 g/mol. The van der Waals surface area contributed by atoms with Gasteiger partial charge in [-0.2, -0.15) is 0 Å². The van der Waals surface area contributed by atoms with Crippen molar-refractivity contribution >= 4 is 52.6 Å². The summed E-state index contributed by atoms with van der Waals surface area (Å²) >= 11 is 25.3. The van der Waals surface area contributed by atoms with E-state index in [4.69, 9.17) is 74.9 Å². The maximum absolute atomic E-state index is 12.8. The van der Waals surface area contributed by atoms with Crippen LogP contribution in [-0.2, 0) is 43.6 Å². The molecule has 0 N–H and O–H groups in total. The van der Waals surface area contributed by atoms with Gasteiger partial charge in [0.2, 0.25) is 0 Å². The van der Waals surface area contributed by atoms with E-state index in [1.165, 1.54) is 5.06 Å². The molecule has 278 valence electrons. The molecule has 1 fully saturated rings. The Kier molecular flexibility index (Phi) is 14.9. The minimum atomic E-state index is -0.822. The van der Waals surface area contributed by atoms with Gasteiger partial charge in [0.25, 0.3) is 0 Å². The molecule has 4 aromatic rings. The molecule has 12 heteroatoms. The van der Waals surface area contributed by atoms with Crippen molar-refractivity contribution in [3.05, 3.63) is 133 Å². The van der Waals surface area contributed by atoms with Crippen LogP contribution in [0.4, 0.5) is 4.79 Å². The maximum atomic E-state index is 12.8. The molecule has 4 aromatic carbocycles. The molecule has 0 spiro atoms. The summed E-state index contributed by atoms with van der Waals surface area (Å²) < 4.78 is 30.5.